The molecule has 1 aliphatic carbocycles. The molecule has 1 aliphatic rings. The van der Waals surface area contributed by atoms with E-state index in [4.69, 9.17) is 9.84 Å². The average Bonchev–Trinajstić information content (AvgIpc) is 2.98. The number of para-hydroxylation sites is 1. The van der Waals surface area contributed by atoms with Crippen LogP contribution in [0.2, 0.25) is 0 Å². The Morgan fingerprint density at radius 1 is 1.53 bits per heavy atom. The molecule has 4 nitrogen and oxygen atoms in total. The lowest BCUT2D eigenvalue weighted by Crippen LogP contribution is -1.99. The Bertz CT molecular complexity index is 400. The minimum atomic E-state index is -0.804. The van der Waals surface area contributed by atoms with Crippen molar-refractivity contribution in [3.63, 3.8) is 0 Å². The van der Waals surface area contributed by atoms with Gasteiger partial charge in [0, 0.05) is 11.5 Å². The molecule has 4 heteroatoms. The van der Waals surface area contributed by atoms with Crippen LogP contribution in [0.3, 0.4) is 0 Å². The minimum absolute atomic E-state index is 0.0637. The molecule has 0 saturated heterocycles. The van der Waals surface area contributed by atoms with Crippen molar-refractivity contribution in [3.05, 3.63) is 23.8 Å². The van der Waals surface area contributed by atoms with Gasteiger partial charge in [0.25, 0.3) is 0 Å². The van der Waals surface area contributed by atoms with Gasteiger partial charge in [0.2, 0.25) is 0 Å². The fraction of sp³-hybridized carbons (Fsp3) is 0.364. The van der Waals surface area contributed by atoms with Gasteiger partial charge in [-0.05, 0) is 12.5 Å². The Morgan fingerprint density at radius 3 is 2.80 bits per heavy atom. The topological polar surface area (TPSA) is 66.8 Å². The van der Waals surface area contributed by atoms with E-state index in [2.05, 4.69) is 0 Å². The summed E-state index contributed by atoms with van der Waals surface area (Å²) in [5.74, 6) is -0.778. The number of rotatable bonds is 3. The zero-order chi connectivity index (χ0) is 11.0. The Labute approximate surface area is 87.1 Å². The average molecular weight is 208 g/mol. The van der Waals surface area contributed by atoms with Crippen LogP contribution in [0.1, 0.15) is 17.9 Å². The van der Waals surface area contributed by atoms with Gasteiger partial charge in [-0.2, -0.15) is 0 Å². The highest BCUT2D eigenvalue weighted by Crippen LogP contribution is 2.51. The molecule has 0 radical (unpaired) electrons. The van der Waals surface area contributed by atoms with Crippen molar-refractivity contribution < 1.29 is 19.7 Å². The molecular formula is C11H12O4. The molecule has 0 heterocycles. The van der Waals surface area contributed by atoms with Gasteiger partial charge in [-0.15, -0.1) is 0 Å². The molecular weight excluding hydrogens is 196 g/mol. The molecule has 2 rings (SSSR count). The summed E-state index contributed by atoms with van der Waals surface area (Å²) in [5, 5.41) is 18.6. The van der Waals surface area contributed by atoms with Crippen LogP contribution in [0.5, 0.6) is 11.5 Å². The highest BCUT2D eigenvalue weighted by molar-refractivity contribution is 5.75. The van der Waals surface area contributed by atoms with E-state index in [9.17, 15) is 9.90 Å². The molecule has 0 bridgehead atoms. The van der Waals surface area contributed by atoms with Crippen LogP contribution in [0.15, 0.2) is 18.2 Å². The van der Waals surface area contributed by atoms with E-state index in [0.717, 1.165) is 0 Å². The number of ether oxygens (including phenoxy) is 1. The lowest BCUT2D eigenvalue weighted by molar-refractivity contribution is -0.138. The van der Waals surface area contributed by atoms with Crippen molar-refractivity contribution in [2.24, 2.45) is 5.92 Å². The second-order valence-corrected chi connectivity index (χ2v) is 3.69. The summed E-state index contributed by atoms with van der Waals surface area (Å²) < 4.78 is 4.96. The van der Waals surface area contributed by atoms with E-state index >= 15 is 0 Å². The third kappa shape index (κ3) is 1.63. The fourth-order valence-electron chi connectivity index (χ4n) is 1.81. The monoisotopic (exact) mass is 208 g/mol. The van der Waals surface area contributed by atoms with Gasteiger partial charge in [-0.3, -0.25) is 4.79 Å². The maximum absolute atomic E-state index is 10.7. The molecule has 0 amide bonds. The number of hydrogen-bond acceptors (Lipinski definition) is 3. The van der Waals surface area contributed by atoms with E-state index in [0.29, 0.717) is 17.7 Å². The van der Waals surface area contributed by atoms with Crippen LogP contribution in [-0.4, -0.2) is 23.3 Å². The summed E-state index contributed by atoms with van der Waals surface area (Å²) in [6, 6.07) is 5.15. The van der Waals surface area contributed by atoms with Crippen molar-refractivity contribution in [1.29, 1.82) is 0 Å². The second-order valence-electron chi connectivity index (χ2n) is 3.69. The van der Waals surface area contributed by atoms with E-state index in [-0.39, 0.29) is 17.6 Å². The molecule has 0 aliphatic heterocycles. The summed E-state index contributed by atoms with van der Waals surface area (Å²) in [6.45, 7) is 0. The fourth-order valence-corrected chi connectivity index (χ4v) is 1.81. The van der Waals surface area contributed by atoms with E-state index in [1.807, 2.05) is 0 Å². The molecule has 1 aromatic rings. The summed E-state index contributed by atoms with van der Waals surface area (Å²) in [6.07, 6.45) is 0.593. The Morgan fingerprint density at radius 2 is 2.27 bits per heavy atom. The van der Waals surface area contributed by atoms with Crippen LogP contribution in [-0.2, 0) is 4.79 Å². The summed E-state index contributed by atoms with van der Waals surface area (Å²) >= 11 is 0. The van der Waals surface area contributed by atoms with Crippen LogP contribution >= 0.6 is 0 Å². The second kappa shape index (κ2) is 3.46. The largest absolute Gasteiger partial charge is 0.504 e. The molecule has 0 aromatic heterocycles. The minimum Gasteiger partial charge on any atom is -0.504 e. The van der Waals surface area contributed by atoms with E-state index in [1.165, 1.54) is 7.11 Å². The molecule has 2 unspecified atom stereocenters. The lowest BCUT2D eigenvalue weighted by Gasteiger charge is -2.07. The molecule has 80 valence electrons. The number of phenolic OH excluding ortho intramolecular Hbond substituents is 1. The van der Waals surface area contributed by atoms with Crippen molar-refractivity contribution in [3.8, 4) is 11.5 Å². The van der Waals surface area contributed by atoms with Gasteiger partial charge in [0.05, 0.1) is 13.0 Å². The molecule has 2 N–H and O–H groups in total. The van der Waals surface area contributed by atoms with Crippen LogP contribution in [0.25, 0.3) is 0 Å². The maximum Gasteiger partial charge on any atom is 0.307 e. The first kappa shape index (κ1) is 9.83. The molecule has 1 saturated carbocycles. The lowest BCUT2D eigenvalue weighted by atomic mass is 10.1. The third-order valence-electron chi connectivity index (χ3n) is 2.76. The van der Waals surface area contributed by atoms with Crippen molar-refractivity contribution in [1.82, 2.24) is 0 Å². The SMILES string of the molecule is COc1cccc(C2CC2C(=O)O)c1O. The number of phenols is 1. The van der Waals surface area contributed by atoms with Crippen molar-refractivity contribution >= 4 is 5.97 Å². The van der Waals surface area contributed by atoms with E-state index < -0.39 is 5.97 Å². The number of aliphatic carboxylic acids is 1. The number of aromatic hydroxyl groups is 1. The van der Waals surface area contributed by atoms with E-state index in [1.54, 1.807) is 18.2 Å². The number of methoxy groups -OCH3 is 1. The zero-order valence-corrected chi connectivity index (χ0v) is 8.30. The highest BCUT2D eigenvalue weighted by Gasteiger charge is 2.45. The van der Waals surface area contributed by atoms with Gasteiger partial charge in [-0.25, -0.2) is 0 Å². The maximum atomic E-state index is 10.7. The predicted molar refractivity (Wildman–Crippen MR) is 53.1 cm³/mol. The number of carboxylic acids is 1. The van der Waals surface area contributed by atoms with Gasteiger partial charge >= 0.3 is 5.97 Å². The van der Waals surface area contributed by atoms with Crippen molar-refractivity contribution in [2.75, 3.05) is 7.11 Å². The summed E-state index contributed by atoms with van der Waals surface area (Å²) in [7, 11) is 1.47. The number of hydrogen-bond donors (Lipinski definition) is 2. The molecule has 2 atom stereocenters. The van der Waals surface area contributed by atoms with Gasteiger partial charge in [-0.1, -0.05) is 12.1 Å². The van der Waals surface area contributed by atoms with Crippen molar-refractivity contribution in [2.45, 2.75) is 12.3 Å². The number of benzene rings is 1. The van der Waals surface area contributed by atoms with Gasteiger partial charge < -0.3 is 14.9 Å². The molecule has 1 aromatic carbocycles. The Balaban J connectivity index is 2.27. The first-order chi connectivity index (χ1) is 7.15. The quantitative estimate of drug-likeness (QED) is 0.791. The smallest absolute Gasteiger partial charge is 0.307 e. The first-order valence-electron chi connectivity index (χ1n) is 4.73. The predicted octanol–water partition coefficient (Wildman–Crippen LogP) is 1.59. The van der Waals surface area contributed by atoms with Crippen LogP contribution in [0.4, 0.5) is 0 Å². The highest BCUT2D eigenvalue weighted by atomic mass is 16.5. The Kier molecular flexibility index (Phi) is 2.26. The van der Waals surface area contributed by atoms with Gasteiger partial charge in [0.15, 0.2) is 11.5 Å². The molecule has 1 fully saturated rings. The first-order valence-corrected chi connectivity index (χ1v) is 4.73. The molecule has 0 spiro atoms. The standard InChI is InChI=1S/C11H12O4/c1-15-9-4-2-3-6(10(9)12)7-5-8(7)11(13)14/h2-4,7-8,12H,5H2,1H3,(H,13,14). The third-order valence-corrected chi connectivity index (χ3v) is 2.76. The summed E-state index contributed by atoms with van der Waals surface area (Å²) in [4.78, 5) is 10.7. The number of carboxylic acid groups (broad SMARTS) is 1. The summed E-state index contributed by atoms with van der Waals surface area (Å²) in [5.41, 5.74) is 0.668. The zero-order valence-electron chi connectivity index (χ0n) is 8.30. The van der Waals surface area contributed by atoms with Gasteiger partial charge in [0.1, 0.15) is 0 Å². The van der Waals surface area contributed by atoms with Crippen LogP contribution in [0, 0.1) is 5.92 Å². The number of carbonyl (C=O) groups is 1. The Hall–Kier alpha value is -1.71. The van der Waals surface area contributed by atoms with Crippen LogP contribution < -0.4 is 4.74 Å². The molecule has 15 heavy (non-hydrogen) atoms. The normalized spacial score (nSPS) is 23.5.